The second kappa shape index (κ2) is 4.25. The molecule has 0 rings (SSSR count). The molecule has 0 saturated carbocycles. The summed E-state index contributed by atoms with van der Waals surface area (Å²) in [6.07, 6.45) is 0. The van der Waals surface area contributed by atoms with Crippen LogP contribution in [0.2, 0.25) is 0 Å². The Balaban J connectivity index is 0. The molecule has 0 fully saturated rings. The summed E-state index contributed by atoms with van der Waals surface area (Å²) < 4.78 is 27.8. The van der Waals surface area contributed by atoms with E-state index in [1.54, 1.807) is 0 Å². The van der Waals surface area contributed by atoms with Gasteiger partial charge in [-0.25, -0.2) is 0 Å². The van der Waals surface area contributed by atoms with Gasteiger partial charge in [-0.15, -0.1) is 0 Å². The summed E-state index contributed by atoms with van der Waals surface area (Å²) in [7, 11) is -4.11. The molecule has 1 unspecified atom stereocenters. The molecule has 0 radical (unpaired) electrons. The van der Waals surface area contributed by atoms with E-state index >= 15 is 0 Å². The van der Waals surface area contributed by atoms with Gasteiger partial charge >= 0.3 is 29.6 Å². The Kier molecular flexibility index (Phi) is 5.72. The van der Waals surface area contributed by atoms with Gasteiger partial charge in [0, 0.05) is 0 Å². The van der Waals surface area contributed by atoms with E-state index in [0.29, 0.717) is 0 Å². The summed E-state index contributed by atoms with van der Waals surface area (Å²) >= 11 is 0. The predicted octanol–water partition coefficient (Wildman–Crippen LogP) is -3.21. The van der Waals surface area contributed by atoms with Crippen LogP contribution in [0.15, 0.2) is 0 Å². The van der Waals surface area contributed by atoms with Gasteiger partial charge in [0.15, 0.2) is 5.25 Å². The van der Waals surface area contributed by atoms with Crippen molar-refractivity contribution in [2.45, 2.75) is 12.2 Å². The van der Waals surface area contributed by atoms with Gasteiger partial charge in [0.25, 0.3) is 10.1 Å². The molecule has 0 aromatic carbocycles. The molecule has 0 heterocycles. The van der Waals surface area contributed by atoms with Crippen molar-refractivity contribution in [3.63, 3.8) is 0 Å². The maximum Gasteiger partial charge on any atom is 1.00 e. The minimum absolute atomic E-state index is 0. The zero-order chi connectivity index (χ0) is 6.78. The summed E-state index contributed by atoms with van der Waals surface area (Å²) in [4.78, 5) is 0. The van der Waals surface area contributed by atoms with Gasteiger partial charge in [0.05, 0.1) is 6.07 Å². The molecule has 0 aliphatic heterocycles. The first-order valence-corrected chi connectivity index (χ1v) is 3.34. The molecule has 0 saturated heterocycles. The fourth-order valence-electron chi connectivity index (χ4n) is 0.0666. The van der Waals surface area contributed by atoms with Crippen molar-refractivity contribution in [2.75, 3.05) is 0 Å². The Hall–Kier alpha value is 0.400. The Morgan fingerprint density at radius 2 is 2.00 bits per heavy atom. The molecule has 1 atom stereocenters. The first kappa shape index (κ1) is 12.1. The third-order valence-electron chi connectivity index (χ3n) is 0.629. The van der Waals surface area contributed by atoms with Crippen molar-refractivity contribution in [2.24, 2.45) is 0 Å². The monoisotopic (exact) mass is 158 g/mol. The molecule has 0 aliphatic carbocycles. The first-order valence-electron chi connectivity index (χ1n) is 1.84. The standard InChI is InChI=1S/C3H5NO3S.Na/c1-3(2-4)8(5,6)7;/h3H,1H3,(H,5,6,7);/q;+1. The Labute approximate surface area is 75.9 Å². The summed E-state index contributed by atoms with van der Waals surface area (Å²) in [5.41, 5.74) is 0. The largest absolute Gasteiger partial charge is 1.00 e. The summed E-state index contributed by atoms with van der Waals surface area (Å²) in [6.45, 7) is 1.11. The van der Waals surface area contributed by atoms with Crippen molar-refractivity contribution >= 4 is 10.1 Å². The normalized spacial score (nSPS) is 13.0. The summed E-state index contributed by atoms with van der Waals surface area (Å²) in [5, 5.41) is 6.56. The van der Waals surface area contributed by atoms with Crippen LogP contribution in [0.5, 0.6) is 0 Å². The van der Waals surface area contributed by atoms with Crippen LogP contribution >= 0.6 is 0 Å². The van der Waals surface area contributed by atoms with Crippen LogP contribution in [0.4, 0.5) is 0 Å². The van der Waals surface area contributed by atoms with Gasteiger partial charge in [0.1, 0.15) is 0 Å². The van der Waals surface area contributed by atoms with Crippen molar-refractivity contribution in [3.05, 3.63) is 0 Å². The summed E-state index contributed by atoms with van der Waals surface area (Å²) in [6, 6.07) is 1.37. The van der Waals surface area contributed by atoms with Crippen LogP contribution in [0.1, 0.15) is 6.92 Å². The topological polar surface area (TPSA) is 78.2 Å². The van der Waals surface area contributed by atoms with E-state index in [4.69, 9.17) is 9.81 Å². The maximum absolute atomic E-state index is 9.90. The van der Waals surface area contributed by atoms with Gasteiger partial charge in [-0.05, 0) is 6.92 Å². The Bertz CT molecular complexity index is 204. The number of nitriles is 1. The average molecular weight is 158 g/mol. The van der Waals surface area contributed by atoms with Crippen LogP contribution in [-0.2, 0) is 10.1 Å². The molecule has 1 N–H and O–H groups in total. The van der Waals surface area contributed by atoms with Gasteiger partial charge in [0.2, 0.25) is 0 Å². The number of hydrogen-bond acceptors (Lipinski definition) is 3. The van der Waals surface area contributed by atoms with Crippen LogP contribution in [0.3, 0.4) is 0 Å². The van der Waals surface area contributed by atoms with Crippen molar-refractivity contribution in [1.29, 1.82) is 5.26 Å². The van der Waals surface area contributed by atoms with E-state index in [0.717, 1.165) is 6.92 Å². The van der Waals surface area contributed by atoms with Gasteiger partial charge in [-0.1, -0.05) is 0 Å². The van der Waals surface area contributed by atoms with Crippen LogP contribution in [0.25, 0.3) is 0 Å². The van der Waals surface area contributed by atoms with E-state index in [9.17, 15) is 8.42 Å². The third kappa shape index (κ3) is 4.88. The Morgan fingerprint density at radius 3 is 2.00 bits per heavy atom. The minimum atomic E-state index is -4.11. The molecule has 0 aromatic heterocycles. The second-order valence-corrected chi connectivity index (χ2v) is 3.02. The van der Waals surface area contributed by atoms with E-state index in [1.165, 1.54) is 6.07 Å². The van der Waals surface area contributed by atoms with E-state index < -0.39 is 15.4 Å². The third-order valence-corrected chi connectivity index (χ3v) is 1.63. The second-order valence-electron chi connectivity index (χ2n) is 1.29. The van der Waals surface area contributed by atoms with Gasteiger partial charge in [-0.3, -0.25) is 4.55 Å². The summed E-state index contributed by atoms with van der Waals surface area (Å²) in [5.74, 6) is 0. The van der Waals surface area contributed by atoms with Crippen LogP contribution < -0.4 is 29.6 Å². The molecule has 0 amide bonds. The number of nitrogens with zero attached hydrogens (tertiary/aromatic N) is 1. The molecular formula is C3H5NNaO3S+. The number of hydrogen-bond donors (Lipinski definition) is 1. The fourth-order valence-corrected chi connectivity index (χ4v) is 0.200. The van der Waals surface area contributed by atoms with Crippen LogP contribution in [-0.4, -0.2) is 18.2 Å². The zero-order valence-corrected chi connectivity index (χ0v) is 8.01. The molecule has 46 valence electrons. The SMILES string of the molecule is CC(C#N)S(=O)(=O)O.[Na+]. The first-order chi connectivity index (χ1) is 3.48. The molecule has 0 aromatic rings. The smallest absolute Gasteiger partial charge is 0.285 e. The molecule has 4 nitrogen and oxygen atoms in total. The molecule has 0 bridgehead atoms. The van der Waals surface area contributed by atoms with Crippen LogP contribution in [0, 0.1) is 11.3 Å². The maximum atomic E-state index is 9.90. The molecule has 0 spiro atoms. The predicted molar refractivity (Wildman–Crippen MR) is 26.6 cm³/mol. The quantitative estimate of drug-likeness (QED) is 0.322. The Morgan fingerprint density at radius 1 is 1.67 bits per heavy atom. The minimum Gasteiger partial charge on any atom is -0.285 e. The van der Waals surface area contributed by atoms with E-state index in [-0.39, 0.29) is 29.6 Å². The molecule has 0 aliphatic rings. The fraction of sp³-hybridized carbons (Fsp3) is 0.667. The van der Waals surface area contributed by atoms with Crippen molar-refractivity contribution in [3.8, 4) is 6.07 Å². The zero-order valence-electron chi connectivity index (χ0n) is 5.20. The van der Waals surface area contributed by atoms with Crippen molar-refractivity contribution < 1.29 is 42.5 Å². The van der Waals surface area contributed by atoms with E-state index in [2.05, 4.69) is 0 Å². The van der Waals surface area contributed by atoms with E-state index in [1.807, 2.05) is 0 Å². The molecule has 6 heteroatoms. The average Bonchev–Trinajstić information content (AvgIpc) is 1.62. The molecule has 9 heavy (non-hydrogen) atoms. The molecular weight excluding hydrogens is 153 g/mol. The number of rotatable bonds is 1. The van der Waals surface area contributed by atoms with Gasteiger partial charge in [-0.2, -0.15) is 13.7 Å². The van der Waals surface area contributed by atoms with Gasteiger partial charge < -0.3 is 0 Å². The van der Waals surface area contributed by atoms with Crippen molar-refractivity contribution in [1.82, 2.24) is 0 Å².